The summed E-state index contributed by atoms with van der Waals surface area (Å²) in [7, 11) is 0. The molecule has 0 unspecified atom stereocenters. The van der Waals surface area contributed by atoms with E-state index in [1.54, 1.807) is 4.90 Å². The molecular weight excluding hydrogens is 434 g/mol. The molecular formula is C21H25N5O3S2. The Morgan fingerprint density at radius 1 is 1.13 bits per heavy atom. The van der Waals surface area contributed by atoms with E-state index in [1.807, 2.05) is 30.3 Å². The van der Waals surface area contributed by atoms with Gasteiger partial charge in [-0.05, 0) is 25.0 Å². The quantitative estimate of drug-likeness (QED) is 0.487. The maximum Gasteiger partial charge on any atom is 0.231 e. The molecule has 8 nitrogen and oxygen atoms in total. The lowest BCUT2D eigenvalue weighted by Crippen LogP contribution is -2.37. The zero-order valence-corrected chi connectivity index (χ0v) is 18.7. The molecule has 2 aromatic rings. The molecule has 1 saturated heterocycles. The first-order valence-corrected chi connectivity index (χ1v) is 12.3. The summed E-state index contributed by atoms with van der Waals surface area (Å²) >= 11 is 2.55. The van der Waals surface area contributed by atoms with Crippen LogP contribution in [-0.4, -0.2) is 46.3 Å². The van der Waals surface area contributed by atoms with Gasteiger partial charge in [-0.2, -0.15) is 0 Å². The van der Waals surface area contributed by atoms with Gasteiger partial charge >= 0.3 is 0 Å². The van der Waals surface area contributed by atoms with E-state index < -0.39 is 5.92 Å². The highest BCUT2D eigenvalue weighted by Crippen LogP contribution is 2.28. The van der Waals surface area contributed by atoms with Gasteiger partial charge in [0.1, 0.15) is 0 Å². The van der Waals surface area contributed by atoms with Gasteiger partial charge in [0.15, 0.2) is 4.34 Å². The topological polar surface area (TPSA) is 104 Å². The average Bonchev–Trinajstić information content (AvgIpc) is 3.40. The van der Waals surface area contributed by atoms with E-state index in [9.17, 15) is 14.4 Å². The second-order valence-corrected chi connectivity index (χ2v) is 9.99. The number of aromatic nitrogens is 2. The second kappa shape index (κ2) is 10.2. The van der Waals surface area contributed by atoms with Gasteiger partial charge < -0.3 is 15.5 Å². The highest BCUT2D eigenvalue weighted by atomic mass is 32.2. The summed E-state index contributed by atoms with van der Waals surface area (Å²) < 4.78 is 0.627. The van der Waals surface area contributed by atoms with Crippen LogP contribution in [0.5, 0.6) is 0 Å². The van der Waals surface area contributed by atoms with Gasteiger partial charge in [-0.1, -0.05) is 60.6 Å². The Morgan fingerprint density at radius 3 is 2.68 bits per heavy atom. The molecule has 0 spiro atoms. The number of anilines is 2. The van der Waals surface area contributed by atoms with Crippen molar-refractivity contribution >= 4 is 51.6 Å². The number of para-hydroxylation sites is 1. The predicted octanol–water partition coefficient (Wildman–Crippen LogP) is 3.07. The summed E-state index contributed by atoms with van der Waals surface area (Å²) in [6.45, 7) is 0.344. The average molecular weight is 460 g/mol. The van der Waals surface area contributed by atoms with Gasteiger partial charge in [-0.3, -0.25) is 14.4 Å². The maximum atomic E-state index is 12.6. The number of nitrogens with one attached hydrogen (secondary N) is 2. The molecule has 0 radical (unpaired) electrons. The molecule has 2 heterocycles. The Balaban J connectivity index is 1.24. The fourth-order valence-electron chi connectivity index (χ4n) is 3.91. The van der Waals surface area contributed by atoms with Crippen LogP contribution in [0, 0.1) is 5.92 Å². The highest BCUT2D eigenvalue weighted by molar-refractivity contribution is 8.01. The molecule has 2 fully saturated rings. The van der Waals surface area contributed by atoms with E-state index in [1.165, 1.54) is 42.4 Å². The van der Waals surface area contributed by atoms with Gasteiger partial charge in [-0.25, -0.2) is 0 Å². The van der Waals surface area contributed by atoms with Crippen LogP contribution in [0.4, 0.5) is 10.8 Å². The van der Waals surface area contributed by atoms with Crippen molar-refractivity contribution < 1.29 is 14.4 Å². The van der Waals surface area contributed by atoms with Gasteiger partial charge in [0.25, 0.3) is 0 Å². The van der Waals surface area contributed by atoms with E-state index in [0.717, 1.165) is 18.5 Å². The van der Waals surface area contributed by atoms with Crippen molar-refractivity contribution in [1.29, 1.82) is 0 Å². The third-order valence-corrected chi connectivity index (χ3v) is 7.47. The molecule has 31 heavy (non-hydrogen) atoms. The molecule has 1 saturated carbocycles. The van der Waals surface area contributed by atoms with Crippen molar-refractivity contribution in [3.05, 3.63) is 30.3 Å². The highest BCUT2D eigenvalue weighted by Gasteiger charge is 2.35. The van der Waals surface area contributed by atoms with Crippen LogP contribution in [0.1, 0.15) is 38.5 Å². The third kappa shape index (κ3) is 5.82. The van der Waals surface area contributed by atoms with Gasteiger partial charge in [-0.15, -0.1) is 10.2 Å². The van der Waals surface area contributed by atoms with Crippen LogP contribution in [0.3, 0.4) is 0 Å². The Labute approximate surface area is 189 Å². The van der Waals surface area contributed by atoms with Crippen molar-refractivity contribution in [3.63, 3.8) is 0 Å². The van der Waals surface area contributed by atoms with E-state index in [4.69, 9.17) is 0 Å². The van der Waals surface area contributed by atoms with Crippen molar-refractivity contribution in [2.45, 2.75) is 48.9 Å². The summed E-state index contributed by atoms with van der Waals surface area (Å²) in [6.07, 6.45) is 5.87. The first kappa shape index (κ1) is 21.8. The fraction of sp³-hybridized carbons (Fsp3) is 0.476. The van der Waals surface area contributed by atoms with Crippen LogP contribution in [0.25, 0.3) is 0 Å². The number of benzene rings is 1. The molecule has 164 valence electrons. The summed E-state index contributed by atoms with van der Waals surface area (Å²) in [4.78, 5) is 38.7. The van der Waals surface area contributed by atoms with Gasteiger partial charge in [0, 0.05) is 24.7 Å². The zero-order chi connectivity index (χ0) is 21.6. The van der Waals surface area contributed by atoms with Crippen LogP contribution < -0.4 is 15.5 Å². The molecule has 1 aliphatic heterocycles. The number of rotatable bonds is 7. The van der Waals surface area contributed by atoms with E-state index in [2.05, 4.69) is 20.8 Å². The van der Waals surface area contributed by atoms with Crippen LogP contribution >= 0.6 is 23.1 Å². The molecule has 1 aromatic heterocycles. The minimum atomic E-state index is -0.436. The minimum absolute atomic E-state index is 0.00292. The van der Waals surface area contributed by atoms with E-state index in [-0.39, 0.29) is 35.9 Å². The number of thioether (sulfide) groups is 1. The molecule has 4 rings (SSSR count). The predicted molar refractivity (Wildman–Crippen MR) is 121 cm³/mol. The molecule has 2 N–H and O–H groups in total. The zero-order valence-electron chi connectivity index (χ0n) is 17.1. The first-order chi connectivity index (χ1) is 15.1. The fourth-order valence-corrected chi connectivity index (χ4v) is 5.48. The number of amides is 3. The smallest absolute Gasteiger partial charge is 0.231 e. The Morgan fingerprint density at radius 2 is 1.90 bits per heavy atom. The standard InChI is InChI=1S/C21H25N5O3S2/c27-17(22-15-7-3-1-4-8-15)13-30-21-25-24-20(31-21)23-19(29)14-11-18(28)26(12-14)16-9-5-2-6-10-16/h2,5-6,9-10,14-15H,1,3-4,7-8,11-13H2,(H,22,27)(H,23,24,29)/t14-/m0/s1. The molecule has 1 aliphatic carbocycles. The maximum absolute atomic E-state index is 12.6. The third-order valence-electron chi connectivity index (χ3n) is 5.50. The van der Waals surface area contributed by atoms with Gasteiger partial charge in [0.2, 0.25) is 22.9 Å². The SMILES string of the molecule is O=C(CSc1nnc(NC(=O)[C@H]2CC(=O)N(c3ccccc3)C2)s1)NC1CCCCC1. The van der Waals surface area contributed by atoms with Crippen LogP contribution in [0.15, 0.2) is 34.7 Å². The molecule has 10 heteroatoms. The largest absolute Gasteiger partial charge is 0.353 e. The second-order valence-electron chi connectivity index (χ2n) is 7.79. The summed E-state index contributed by atoms with van der Waals surface area (Å²) in [5.41, 5.74) is 0.795. The molecule has 3 amide bonds. The van der Waals surface area contributed by atoms with Crippen molar-refractivity contribution in [2.75, 3.05) is 22.5 Å². The number of carbonyl (C=O) groups is 3. The molecule has 2 aliphatic rings. The summed E-state index contributed by atoms with van der Waals surface area (Å²) in [5.74, 6) is -0.460. The lowest BCUT2D eigenvalue weighted by Gasteiger charge is -2.22. The number of nitrogens with zero attached hydrogens (tertiary/aromatic N) is 3. The summed E-state index contributed by atoms with van der Waals surface area (Å²) in [5, 5.41) is 14.3. The Kier molecular flexibility index (Phi) is 7.18. The lowest BCUT2D eigenvalue weighted by atomic mass is 9.95. The van der Waals surface area contributed by atoms with Crippen LogP contribution in [0.2, 0.25) is 0 Å². The van der Waals surface area contributed by atoms with Crippen molar-refractivity contribution in [1.82, 2.24) is 15.5 Å². The Hall–Kier alpha value is -2.46. The van der Waals surface area contributed by atoms with Crippen molar-refractivity contribution in [2.24, 2.45) is 5.92 Å². The van der Waals surface area contributed by atoms with E-state index in [0.29, 0.717) is 16.0 Å². The normalized spacial score (nSPS) is 19.4. The summed E-state index contributed by atoms with van der Waals surface area (Å²) in [6, 6.07) is 9.63. The van der Waals surface area contributed by atoms with E-state index >= 15 is 0 Å². The lowest BCUT2D eigenvalue weighted by molar-refractivity contribution is -0.122. The van der Waals surface area contributed by atoms with Gasteiger partial charge in [0.05, 0.1) is 11.7 Å². The molecule has 1 atom stereocenters. The number of hydrogen-bond acceptors (Lipinski definition) is 7. The molecule has 1 aromatic carbocycles. The monoisotopic (exact) mass is 459 g/mol. The Bertz CT molecular complexity index is 930. The first-order valence-electron chi connectivity index (χ1n) is 10.5. The number of carbonyl (C=O) groups excluding carboxylic acids is 3. The van der Waals surface area contributed by atoms with Crippen LogP contribution in [-0.2, 0) is 14.4 Å². The minimum Gasteiger partial charge on any atom is -0.353 e. The molecule has 0 bridgehead atoms. The number of hydrogen-bond donors (Lipinski definition) is 2. The van der Waals surface area contributed by atoms with Crippen molar-refractivity contribution in [3.8, 4) is 0 Å².